The van der Waals surface area contributed by atoms with Crippen molar-refractivity contribution in [3.05, 3.63) is 53.8 Å². The van der Waals surface area contributed by atoms with Crippen molar-refractivity contribution in [2.75, 3.05) is 0 Å². The highest BCUT2D eigenvalue weighted by Crippen LogP contribution is 2.43. The molecule has 2 aromatic rings. The molecule has 3 nitrogen and oxygen atoms in total. The van der Waals surface area contributed by atoms with Crippen LogP contribution in [0.4, 0.5) is 4.39 Å². The lowest BCUT2D eigenvalue weighted by Gasteiger charge is -2.34. The third-order valence-corrected chi connectivity index (χ3v) is 4.70. The number of benzene rings is 2. The standard InChI is InChI=1S/C21H23FO3/c1-13(2)25-18-7-8-20(22)19(12-18)16-5-3-15(4-6-16)17-9-14(10-17)11-21(23)24/h3-8,12-14,17H,9-11H2,1-2H3,(H,23,24). The maximum absolute atomic E-state index is 14.2. The molecule has 0 bridgehead atoms. The van der Waals surface area contributed by atoms with Crippen LogP contribution in [0.1, 0.15) is 44.6 Å². The molecule has 1 fully saturated rings. The van der Waals surface area contributed by atoms with E-state index in [1.807, 2.05) is 38.1 Å². The fourth-order valence-corrected chi connectivity index (χ4v) is 3.43. The van der Waals surface area contributed by atoms with Crippen LogP contribution < -0.4 is 4.74 Å². The highest BCUT2D eigenvalue weighted by atomic mass is 19.1. The highest BCUT2D eigenvalue weighted by Gasteiger charge is 2.31. The van der Waals surface area contributed by atoms with Gasteiger partial charge in [0.2, 0.25) is 0 Å². The molecule has 0 spiro atoms. The number of rotatable bonds is 6. The molecule has 0 saturated heterocycles. The van der Waals surface area contributed by atoms with Gasteiger partial charge in [-0.05, 0) is 67.9 Å². The fourth-order valence-electron chi connectivity index (χ4n) is 3.43. The zero-order valence-electron chi connectivity index (χ0n) is 14.5. The van der Waals surface area contributed by atoms with Crippen molar-refractivity contribution in [3.63, 3.8) is 0 Å². The van der Waals surface area contributed by atoms with Crippen molar-refractivity contribution >= 4 is 5.97 Å². The molecule has 0 aliphatic heterocycles. The molecule has 25 heavy (non-hydrogen) atoms. The summed E-state index contributed by atoms with van der Waals surface area (Å²) in [5, 5.41) is 8.83. The number of aliphatic carboxylic acids is 1. The minimum Gasteiger partial charge on any atom is -0.491 e. The second-order valence-corrected chi connectivity index (χ2v) is 7.06. The van der Waals surface area contributed by atoms with Crippen LogP contribution in [0.15, 0.2) is 42.5 Å². The van der Waals surface area contributed by atoms with E-state index in [9.17, 15) is 9.18 Å². The Morgan fingerprint density at radius 1 is 1.20 bits per heavy atom. The number of halogens is 1. The Morgan fingerprint density at radius 3 is 2.48 bits per heavy atom. The lowest BCUT2D eigenvalue weighted by molar-refractivity contribution is -0.138. The molecule has 0 atom stereocenters. The van der Waals surface area contributed by atoms with Gasteiger partial charge in [0.1, 0.15) is 11.6 Å². The van der Waals surface area contributed by atoms with Crippen molar-refractivity contribution in [1.29, 1.82) is 0 Å². The number of hydrogen-bond donors (Lipinski definition) is 1. The van der Waals surface area contributed by atoms with E-state index >= 15 is 0 Å². The van der Waals surface area contributed by atoms with Crippen LogP contribution in [0.25, 0.3) is 11.1 Å². The van der Waals surface area contributed by atoms with Gasteiger partial charge in [0, 0.05) is 12.0 Å². The van der Waals surface area contributed by atoms with Crippen LogP contribution in [-0.2, 0) is 4.79 Å². The Labute approximate surface area is 147 Å². The fraction of sp³-hybridized carbons (Fsp3) is 0.381. The van der Waals surface area contributed by atoms with Crippen LogP contribution in [0, 0.1) is 11.7 Å². The summed E-state index contributed by atoms with van der Waals surface area (Å²) in [6.45, 7) is 3.88. The highest BCUT2D eigenvalue weighted by molar-refractivity contribution is 5.67. The quantitative estimate of drug-likeness (QED) is 0.780. The lowest BCUT2D eigenvalue weighted by Crippen LogP contribution is -2.24. The van der Waals surface area contributed by atoms with E-state index in [0.29, 0.717) is 17.2 Å². The van der Waals surface area contributed by atoms with Gasteiger partial charge in [-0.3, -0.25) is 4.79 Å². The molecule has 0 unspecified atom stereocenters. The summed E-state index contributed by atoms with van der Waals surface area (Å²) in [6, 6.07) is 12.7. The first-order valence-corrected chi connectivity index (χ1v) is 8.70. The molecule has 1 aliphatic rings. The van der Waals surface area contributed by atoms with Gasteiger partial charge in [-0.1, -0.05) is 24.3 Å². The number of hydrogen-bond acceptors (Lipinski definition) is 2. The Kier molecular flexibility index (Phi) is 5.07. The van der Waals surface area contributed by atoms with Gasteiger partial charge in [-0.15, -0.1) is 0 Å². The topological polar surface area (TPSA) is 46.5 Å². The van der Waals surface area contributed by atoms with Crippen molar-refractivity contribution in [2.24, 2.45) is 5.92 Å². The molecule has 0 radical (unpaired) electrons. The molecule has 2 aromatic carbocycles. The summed E-state index contributed by atoms with van der Waals surface area (Å²) in [4.78, 5) is 10.7. The molecule has 0 amide bonds. The average Bonchev–Trinajstić information content (AvgIpc) is 2.52. The molecule has 4 heteroatoms. The van der Waals surface area contributed by atoms with E-state index in [1.54, 1.807) is 12.1 Å². The Bertz CT molecular complexity index is 746. The first-order valence-electron chi connectivity index (χ1n) is 8.70. The summed E-state index contributed by atoms with van der Waals surface area (Å²) < 4.78 is 19.8. The van der Waals surface area contributed by atoms with E-state index in [2.05, 4.69) is 0 Å². The van der Waals surface area contributed by atoms with Crippen molar-refractivity contribution in [2.45, 2.75) is 45.1 Å². The predicted molar refractivity (Wildman–Crippen MR) is 95.3 cm³/mol. The predicted octanol–water partition coefficient (Wildman–Crippen LogP) is 5.25. The number of carbonyl (C=O) groups is 1. The summed E-state index contributed by atoms with van der Waals surface area (Å²) >= 11 is 0. The second-order valence-electron chi connectivity index (χ2n) is 7.06. The van der Waals surface area contributed by atoms with Gasteiger partial charge in [-0.25, -0.2) is 4.39 Å². The van der Waals surface area contributed by atoms with Gasteiger partial charge in [0.05, 0.1) is 6.10 Å². The summed E-state index contributed by atoms with van der Waals surface area (Å²) in [5.41, 5.74) is 2.54. The van der Waals surface area contributed by atoms with Gasteiger partial charge < -0.3 is 9.84 Å². The zero-order valence-corrected chi connectivity index (χ0v) is 14.5. The molecular weight excluding hydrogens is 319 g/mol. The molecule has 1 N–H and O–H groups in total. The van der Waals surface area contributed by atoms with Gasteiger partial charge >= 0.3 is 5.97 Å². The molecule has 0 heterocycles. The molecule has 1 saturated carbocycles. The normalized spacial score (nSPS) is 19.5. The van der Waals surface area contributed by atoms with E-state index in [1.165, 1.54) is 11.6 Å². The SMILES string of the molecule is CC(C)Oc1ccc(F)c(-c2ccc(C3CC(CC(=O)O)C3)cc2)c1. The van der Waals surface area contributed by atoms with Crippen molar-refractivity contribution < 1.29 is 19.0 Å². The smallest absolute Gasteiger partial charge is 0.303 e. The van der Waals surface area contributed by atoms with Crippen molar-refractivity contribution in [1.82, 2.24) is 0 Å². The number of carboxylic acids is 1. The minimum atomic E-state index is -0.724. The average molecular weight is 342 g/mol. The summed E-state index contributed by atoms with van der Waals surface area (Å²) in [5.74, 6) is 0.362. The molecule has 1 aliphatic carbocycles. The largest absolute Gasteiger partial charge is 0.491 e. The summed E-state index contributed by atoms with van der Waals surface area (Å²) in [6.07, 6.45) is 2.12. The monoisotopic (exact) mass is 342 g/mol. The van der Waals surface area contributed by atoms with Crippen LogP contribution in [-0.4, -0.2) is 17.2 Å². The maximum atomic E-state index is 14.2. The van der Waals surface area contributed by atoms with Crippen LogP contribution in [0.5, 0.6) is 5.75 Å². The molecule has 0 aromatic heterocycles. The Hall–Kier alpha value is -2.36. The van der Waals surface area contributed by atoms with E-state index in [0.717, 1.165) is 18.4 Å². The van der Waals surface area contributed by atoms with Crippen LogP contribution in [0.2, 0.25) is 0 Å². The first-order chi connectivity index (χ1) is 11.9. The molecule has 132 valence electrons. The van der Waals surface area contributed by atoms with E-state index < -0.39 is 5.97 Å². The Morgan fingerprint density at radius 2 is 1.88 bits per heavy atom. The summed E-state index contributed by atoms with van der Waals surface area (Å²) in [7, 11) is 0. The van der Waals surface area contributed by atoms with Crippen LogP contribution >= 0.6 is 0 Å². The third kappa shape index (κ3) is 4.19. The lowest BCUT2D eigenvalue weighted by atomic mass is 9.70. The van der Waals surface area contributed by atoms with Crippen LogP contribution in [0.3, 0.4) is 0 Å². The van der Waals surface area contributed by atoms with Gasteiger partial charge in [0.15, 0.2) is 0 Å². The molecular formula is C21H23FO3. The van der Waals surface area contributed by atoms with Gasteiger partial charge in [0.25, 0.3) is 0 Å². The molecule has 3 rings (SSSR count). The minimum absolute atomic E-state index is 0.0399. The van der Waals surface area contributed by atoms with Gasteiger partial charge in [-0.2, -0.15) is 0 Å². The number of carboxylic acid groups (broad SMARTS) is 1. The van der Waals surface area contributed by atoms with E-state index in [4.69, 9.17) is 9.84 Å². The second kappa shape index (κ2) is 7.26. The number of ether oxygens (including phenoxy) is 1. The van der Waals surface area contributed by atoms with E-state index in [-0.39, 0.29) is 24.3 Å². The Balaban J connectivity index is 1.72. The third-order valence-electron chi connectivity index (χ3n) is 4.70. The first kappa shape index (κ1) is 17.5. The zero-order chi connectivity index (χ0) is 18.0. The van der Waals surface area contributed by atoms with Crippen molar-refractivity contribution in [3.8, 4) is 16.9 Å². The maximum Gasteiger partial charge on any atom is 0.303 e.